The maximum Gasteiger partial charge on any atom is 0.238 e. The Bertz CT molecular complexity index is 368. The highest BCUT2D eigenvalue weighted by molar-refractivity contribution is 7.71. The van der Waals surface area contributed by atoms with E-state index < -0.39 is 0 Å². The highest BCUT2D eigenvalue weighted by Gasteiger charge is 2.41. The Morgan fingerprint density at radius 1 is 1.38 bits per heavy atom. The van der Waals surface area contributed by atoms with Crippen molar-refractivity contribution in [1.82, 2.24) is 20.2 Å². The van der Waals surface area contributed by atoms with Gasteiger partial charge in [0.1, 0.15) is 0 Å². The van der Waals surface area contributed by atoms with E-state index in [1.165, 1.54) is 25.7 Å². The molecule has 1 aromatic rings. The molecule has 5 heteroatoms. The van der Waals surface area contributed by atoms with Crippen molar-refractivity contribution >= 4 is 12.2 Å². The van der Waals surface area contributed by atoms with Crippen molar-refractivity contribution in [3.8, 4) is 0 Å². The van der Waals surface area contributed by atoms with Gasteiger partial charge in [-0.2, -0.15) is 5.21 Å². The van der Waals surface area contributed by atoms with Crippen LogP contribution in [0.3, 0.4) is 0 Å². The van der Waals surface area contributed by atoms with Crippen LogP contribution in [0, 0.1) is 16.6 Å². The van der Waals surface area contributed by atoms with Gasteiger partial charge in [0, 0.05) is 0 Å². The Labute approximate surface area is 81.3 Å². The predicted molar refractivity (Wildman–Crippen MR) is 49.7 cm³/mol. The summed E-state index contributed by atoms with van der Waals surface area (Å²) in [5.74, 6) is 1.75. The molecular formula is C8H12N4S. The third-order valence-corrected chi connectivity index (χ3v) is 3.80. The summed E-state index contributed by atoms with van der Waals surface area (Å²) in [4.78, 5) is 0. The Morgan fingerprint density at radius 3 is 2.85 bits per heavy atom. The zero-order valence-electron chi connectivity index (χ0n) is 7.31. The van der Waals surface area contributed by atoms with Gasteiger partial charge in [0.2, 0.25) is 4.77 Å². The first-order valence-electron chi connectivity index (χ1n) is 4.84. The normalized spacial score (nSPS) is 37.1. The molecule has 0 spiro atoms. The van der Waals surface area contributed by atoms with E-state index in [4.69, 9.17) is 12.2 Å². The van der Waals surface area contributed by atoms with Gasteiger partial charge in [-0.05, 0) is 43.3 Å². The Balaban J connectivity index is 1.95. The summed E-state index contributed by atoms with van der Waals surface area (Å²) in [7, 11) is 0. The van der Waals surface area contributed by atoms with Crippen molar-refractivity contribution < 1.29 is 0 Å². The fourth-order valence-corrected chi connectivity index (χ4v) is 3.16. The van der Waals surface area contributed by atoms with E-state index in [0.717, 1.165) is 11.8 Å². The molecule has 1 N–H and O–H groups in total. The van der Waals surface area contributed by atoms with Crippen LogP contribution in [0.5, 0.6) is 0 Å². The summed E-state index contributed by atoms with van der Waals surface area (Å²) in [6.45, 7) is 0. The van der Waals surface area contributed by atoms with Gasteiger partial charge in [0.05, 0.1) is 6.04 Å². The summed E-state index contributed by atoms with van der Waals surface area (Å²) in [6, 6.07) is 0.557. The molecule has 2 aliphatic rings. The van der Waals surface area contributed by atoms with E-state index >= 15 is 0 Å². The number of aromatic amines is 1. The minimum atomic E-state index is 0.557. The Kier molecular flexibility index (Phi) is 1.56. The number of aromatic nitrogens is 4. The smallest absolute Gasteiger partial charge is 0.238 e. The molecular weight excluding hydrogens is 184 g/mol. The second-order valence-corrected chi connectivity index (χ2v) is 4.56. The average molecular weight is 196 g/mol. The highest BCUT2D eigenvalue weighted by atomic mass is 32.1. The molecule has 2 saturated carbocycles. The minimum Gasteiger partial charge on any atom is -0.239 e. The van der Waals surface area contributed by atoms with Crippen molar-refractivity contribution in [3.05, 3.63) is 4.77 Å². The lowest BCUT2D eigenvalue weighted by Crippen LogP contribution is -2.17. The second kappa shape index (κ2) is 2.64. The van der Waals surface area contributed by atoms with Gasteiger partial charge < -0.3 is 0 Å². The lowest BCUT2D eigenvalue weighted by atomic mass is 9.96. The topological polar surface area (TPSA) is 46.5 Å². The molecule has 3 atom stereocenters. The zero-order valence-corrected chi connectivity index (χ0v) is 8.13. The number of hydrogen-bond acceptors (Lipinski definition) is 3. The van der Waals surface area contributed by atoms with Gasteiger partial charge in [-0.3, -0.25) is 0 Å². The van der Waals surface area contributed by atoms with Crippen LogP contribution >= 0.6 is 12.2 Å². The summed E-state index contributed by atoms with van der Waals surface area (Å²) >= 11 is 5.10. The quantitative estimate of drug-likeness (QED) is 0.695. The number of hydrogen-bond donors (Lipinski definition) is 1. The maximum atomic E-state index is 5.10. The SMILES string of the molecule is S=c1nn[nH]n1C1CC2CCC1C2. The molecule has 70 valence electrons. The van der Waals surface area contributed by atoms with E-state index in [1.54, 1.807) is 0 Å². The van der Waals surface area contributed by atoms with Gasteiger partial charge >= 0.3 is 0 Å². The Morgan fingerprint density at radius 2 is 2.31 bits per heavy atom. The van der Waals surface area contributed by atoms with Crippen LogP contribution in [0.4, 0.5) is 0 Å². The minimum absolute atomic E-state index is 0.557. The standard InChI is InChI=1S/C8H12N4S/c13-8-9-10-11-12(8)7-4-5-1-2-6(7)3-5/h5-7H,1-4H2,(H,9,11,13). The van der Waals surface area contributed by atoms with Crippen LogP contribution in [-0.2, 0) is 0 Å². The van der Waals surface area contributed by atoms with Crippen LogP contribution in [0.1, 0.15) is 31.7 Å². The first-order valence-corrected chi connectivity index (χ1v) is 5.25. The van der Waals surface area contributed by atoms with Crippen molar-refractivity contribution in [2.75, 3.05) is 0 Å². The first-order chi connectivity index (χ1) is 6.34. The molecule has 3 rings (SSSR count). The molecule has 2 aliphatic carbocycles. The number of tetrazole rings is 1. The number of fused-ring (bicyclic) bond motifs is 2. The number of H-pyrrole nitrogens is 1. The largest absolute Gasteiger partial charge is 0.239 e. The van der Waals surface area contributed by atoms with Gasteiger partial charge in [-0.25, -0.2) is 4.68 Å². The molecule has 2 fully saturated rings. The van der Waals surface area contributed by atoms with E-state index in [2.05, 4.69) is 15.5 Å². The second-order valence-electron chi connectivity index (χ2n) is 4.19. The molecule has 13 heavy (non-hydrogen) atoms. The lowest BCUT2D eigenvalue weighted by Gasteiger charge is -2.21. The van der Waals surface area contributed by atoms with E-state index in [0.29, 0.717) is 10.8 Å². The average Bonchev–Trinajstić information content (AvgIpc) is 2.77. The number of rotatable bonds is 1. The molecule has 3 unspecified atom stereocenters. The highest BCUT2D eigenvalue weighted by Crippen LogP contribution is 2.50. The third-order valence-electron chi connectivity index (χ3n) is 3.53. The van der Waals surface area contributed by atoms with Crippen molar-refractivity contribution in [1.29, 1.82) is 0 Å². The molecule has 1 heterocycles. The zero-order chi connectivity index (χ0) is 8.84. The summed E-state index contributed by atoms with van der Waals surface area (Å²) in [6.07, 6.45) is 5.42. The fraction of sp³-hybridized carbons (Fsp3) is 0.875. The molecule has 0 aliphatic heterocycles. The summed E-state index contributed by atoms with van der Waals surface area (Å²) in [5, 5.41) is 10.4. The molecule has 0 saturated heterocycles. The lowest BCUT2D eigenvalue weighted by molar-refractivity contribution is 0.299. The first kappa shape index (κ1) is 7.67. The molecule has 4 nitrogen and oxygen atoms in total. The third kappa shape index (κ3) is 1.06. The van der Waals surface area contributed by atoms with Gasteiger partial charge in [0.15, 0.2) is 0 Å². The van der Waals surface area contributed by atoms with Crippen molar-refractivity contribution in [2.45, 2.75) is 31.7 Å². The number of nitrogens with one attached hydrogen (secondary N) is 1. The van der Waals surface area contributed by atoms with Crippen LogP contribution in [0.2, 0.25) is 0 Å². The van der Waals surface area contributed by atoms with E-state index in [-0.39, 0.29) is 0 Å². The molecule has 0 aromatic carbocycles. The summed E-state index contributed by atoms with van der Waals surface area (Å²) in [5.41, 5.74) is 0. The van der Waals surface area contributed by atoms with Gasteiger partial charge in [-0.15, -0.1) is 0 Å². The van der Waals surface area contributed by atoms with E-state index in [1.807, 2.05) is 4.68 Å². The maximum absolute atomic E-state index is 5.10. The summed E-state index contributed by atoms with van der Waals surface area (Å²) < 4.78 is 2.58. The molecule has 2 bridgehead atoms. The Hall–Kier alpha value is -0.710. The molecule has 1 aromatic heterocycles. The van der Waals surface area contributed by atoms with Gasteiger partial charge in [-0.1, -0.05) is 16.7 Å². The van der Waals surface area contributed by atoms with Crippen LogP contribution < -0.4 is 0 Å². The molecule has 0 radical (unpaired) electrons. The number of nitrogens with zero attached hydrogens (tertiary/aromatic N) is 3. The monoisotopic (exact) mass is 196 g/mol. The fourth-order valence-electron chi connectivity index (χ4n) is 2.95. The molecule has 0 amide bonds. The van der Waals surface area contributed by atoms with Crippen molar-refractivity contribution in [3.63, 3.8) is 0 Å². The van der Waals surface area contributed by atoms with Crippen LogP contribution in [0.25, 0.3) is 0 Å². The van der Waals surface area contributed by atoms with E-state index in [9.17, 15) is 0 Å². The van der Waals surface area contributed by atoms with Crippen LogP contribution in [-0.4, -0.2) is 20.2 Å². The van der Waals surface area contributed by atoms with Crippen molar-refractivity contribution in [2.24, 2.45) is 11.8 Å². The van der Waals surface area contributed by atoms with Gasteiger partial charge in [0.25, 0.3) is 0 Å². The predicted octanol–water partition coefficient (Wildman–Crippen LogP) is 1.70. The van der Waals surface area contributed by atoms with Crippen LogP contribution in [0.15, 0.2) is 0 Å².